The number of rotatable bonds is 8. The van der Waals surface area contributed by atoms with Crippen molar-refractivity contribution in [1.29, 1.82) is 0 Å². The minimum Gasteiger partial charge on any atom is -0.456 e. The third kappa shape index (κ3) is 5.41. The summed E-state index contributed by atoms with van der Waals surface area (Å²) in [5, 5.41) is 11.8. The molecule has 2 aromatic carbocycles. The summed E-state index contributed by atoms with van der Waals surface area (Å²) in [6.07, 6.45) is -3.34. The van der Waals surface area contributed by atoms with Gasteiger partial charge in [-0.15, -0.1) is 0 Å². The van der Waals surface area contributed by atoms with E-state index in [1.807, 2.05) is 36.4 Å². The van der Waals surface area contributed by atoms with Crippen LogP contribution < -0.4 is 10.4 Å². The summed E-state index contributed by atoms with van der Waals surface area (Å²) in [5.41, 5.74) is 0. The Morgan fingerprint density at radius 3 is 1.68 bits per heavy atom. The highest BCUT2D eigenvalue weighted by molar-refractivity contribution is 6.99. The molecule has 1 aliphatic rings. The maximum atomic E-state index is 11.9. The molecule has 0 spiro atoms. The van der Waals surface area contributed by atoms with Crippen LogP contribution in [0.25, 0.3) is 0 Å². The van der Waals surface area contributed by atoms with Gasteiger partial charge >= 0.3 is 11.9 Å². The summed E-state index contributed by atoms with van der Waals surface area (Å²) in [5.74, 6) is -1.07. The van der Waals surface area contributed by atoms with Gasteiger partial charge in [0.1, 0.15) is 12.2 Å². The van der Waals surface area contributed by atoms with Crippen LogP contribution in [0, 0.1) is 0 Å². The third-order valence-corrected chi connectivity index (χ3v) is 11.1. The van der Waals surface area contributed by atoms with Gasteiger partial charge in [0.2, 0.25) is 0 Å². The summed E-state index contributed by atoms with van der Waals surface area (Å²) >= 11 is 0. The van der Waals surface area contributed by atoms with Crippen LogP contribution in [0.4, 0.5) is 0 Å². The lowest BCUT2D eigenvalue weighted by atomic mass is 10.1. The zero-order valence-electron chi connectivity index (χ0n) is 20.4. The molecule has 34 heavy (non-hydrogen) atoms. The van der Waals surface area contributed by atoms with E-state index < -0.39 is 44.7 Å². The van der Waals surface area contributed by atoms with E-state index in [9.17, 15) is 14.7 Å². The van der Waals surface area contributed by atoms with Gasteiger partial charge in [0.25, 0.3) is 8.32 Å². The first-order valence-corrected chi connectivity index (χ1v) is 13.4. The minimum absolute atomic E-state index is 0.0967. The first-order chi connectivity index (χ1) is 16.1. The van der Waals surface area contributed by atoms with Gasteiger partial charge in [0.05, 0.1) is 13.2 Å². The van der Waals surface area contributed by atoms with Crippen LogP contribution in [0.2, 0.25) is 5.04 Å². The first kappa shape index (κ1) is 26.1. The number of ether oxygens (including phenoxy) is 3. The lowest BCUT2D eigenvalue weighted by molar-refractivity contribution is -0.164. The summed E-state index contributed by atoms with van der Waals surface area (Å²) < 4.78 is 23.8. The molecule has 7 nitrogen and oxygen atoms in total. The Kier molecular flexibility index (Phi) is 8.30. The van der Waals surface area contributed by atoms with Crippen molar-refractivity contribution in [2.24, 2.45) is 0 Å². The Morgan fingerprint density at radius 1 is 0.853 bits per heavy atom. The second-order valence-electron chi connectivity index (χ2n) is 9.52. The highest BCUT2D eigenvalue weighted by Gasteiger charge is 2.53. The molecule has 1 heterocycles. The molecule has 0 amide bonds. The van der Waals surface area contributed by atoms with E-state index in [-0.39, 0.29) is 18.3 Å². The number of aliphatic hydroxyl groups is 1. The Labute approximate surface area is 202 Å². The number of hydrogen-bond acceptors (Lipinski definition) is 7. The molecule has 0 aromatic heterocycles. The smallest absolute Gasteiger partial charge is 0.303 e. The lowest BCUT2D eigenvalue weighted by Gasteiger charge is -2.43. The second-order valence-corrected chi connectivity index (χ2v) is 13.8. The van der Waals surface area contributed by atoms with Crippen molar-refractivity contribution in [3.63, 3.8) is 0 Å². The molecule has 1 saturated heterocycles. The first-order valence-electron chi connectivity index (χ1n) is 11.5. The summed E-state index contributed by atoms with van der Waals surface area (Å²) in [4.78, 5) is 23.6. The predicted octanol–water partition coefficient (Wildman–Crippen LogP) is 2.19. The van der Waals surface area contributed by atoms with Crippen LogP contribution in [0.3, 0.4) is 0 Å². The summed E-state index contributed by atoms with van der Waals surface area (Å²) in [6.45, 7) is 8.76. The molecule has 1 fully saturated rings. The van der Waals surface area contributed by atoms with E-state index in [0.717, 1.165) is 10.4 Å². The van der Waals surface area contributed by atoms with Crippen molar-refractivity contribution < 1.29 is 33.3 Å². The standard InChI is InChI=1S/C26H34O7Si/c1-18(28)31-24-22(16-27)33-23(25(24)32-19(2)29)17-30-34(26(3,4)5,20-12-8-6-9-13-20)21-14-10-7-11-15-21/h6-15,22-25,27H,16-17H2,1-5H3/t22-,23+,24+,25?/m0/s1. The predicted molar refractivity (Wildman–Crippen MR) is 130 cm³/mol. The number of aliphatic hydroxyl groups excluding tert-OH is 1. The quantitative estimate of drug-likeness (QED) is 0.452. The normalized spacial score (nSPS) is 22.9. The molecule has 0 aliphatic carbocycles. The van der Waals surface area contributed by atoms with Crippen LogP contribution in [0.1, 0.15) is 34.6 Å². The Bertz CT molecular complexity index is 919. The van der Waals surface area contributed by atoms with Gasteiger partial charge in [0.15, 0.2) is 12.2 Å². The minimum atomic E-state index is -2.86. The average molecular weight is 487 g/mol. The van der Waals surface area contributed by atoms with E-state index in [1.54, 1.807) is 0 Å². The summed E-state index contributed by atoms with van der Waals surface area (Å²) in [7, 11) is -2.86. The summed E-state index contributed by atoms with van der Waals surface area (Å²) in [6, 6.07) is 20.3. The molecule has 3 rings (SSSR count). The van der Waals surface area contributed by atoms with Crippen LogP contribution in [0.5, 0.6) is 0 Å². The fraction of sp³-hybridized carbons (Fsp3) is 0.462. The van der Waals surface area contributed by atoms with E-state index >= 15 is 0 Å². The second kappa shape index (κ2) is 10.8. The Hall–Kier alpha value is -2.52. The molecule has 0 bridgehead atoms. The van der Waals surface area contributed by atoms with Crippen LogP contribution in [0.15, 0.2) is 60.7 Å². The molecular weight excluding hydrogens is 452 g/mol. The van der Waals surface area contributed by atoms with Crippen molar-refractivity contribution in [3.05, 3.63) is 60.7 Å². The number of benzene rings is 2. The van der Waals surface area contributed by atoms with Gasteiger partial charge in [0, 0.05) is 13.8 Å². The SMILES string of the molecule is CC(=O)OC1[C@@H](CO[Si](c2ccccc2)(c2ccccc2)C(C)(C)C)O[C@@H](CO)[C@H]1OC(C)=O. The monoisotopic (exact) mass is 486 g/mol. The molecule has 1 aliphatic heterocycles. The Balaban J connectivity index is 2.01. The molecule has 1 N–H and O–H groups in total. The fourth-order valence-electron chi connectivity index (χ4n) is 4.72. The molecular formula is C26H34O7Si. The number of carbonyl (C=O) groups is 2. The molecule has 0 radical (unpaired) electrons. The van der Waals surface area contributed by atoms with Gasteiger partial charge in [-0.05, 0) is 15.4 Å². The van der Waals surface area contributed by atoms with Gasteiger partial charge < -0.3 is 23.7 Å². The van der Waals surface area contributed by atoms with Crippen LogP contribution in [-0.4, -0.2) is 63.0 Å². The zero-order chi connectivity index (χ0) is 24.9. The number of hydrogen-bond donors (Lipinski definition) is 1. The van der Waals surface area contributed by atoms with Crippen molar-refractivity contribution in [1.82, 2.24) is 0 Å². The fourth-order valence-corrected chi connectivity index (χ4v) is 9.29. The molecule has 2 aromatic rings. The van der Waals surface area contributed by atoms with Gasteiger partial charge in [-0.25, -0.2) is 0 Å². The number of carbonyl (C=O) groups excluding carboxylic acids is 2. The van der Waals surface area contributed by atoms with Crippen LogP contribution in [-0.2, 0) is 28.2 Å². The van der Waals surface area contributed by atoms with Crippen molar-refractivity contribution in [3.8, 4) is 0 Å². The van der Waals surface area contributed by atoms with Crippen molar-refractivity contribution >= 4 is 30.6 Å². The van der Waals surface area contributed by atoms with E-state index in [1.165, 1.54) is 13.8 Å². The molecule has 184 valence electrons. The maximum Gasteiger partial charge on any atom is 0.303 e. The van der Waals surface area contributed by atoms with Crippen molar-refractivity contribution in [2.75, 3.05) is 13.2 Å². The lowest BCUT2D eigenvalue weighted by Crippen LogP contribution is -2.67. The average Bonchev–Trinajstić information content (AvgIpc) is 3.10. The largest absolute Gasteiger partial charge is 0.456 e. The van der Waals surface area contributed by atoms with E-state index in [0.29, 0.717) is 0 Å². The van der Waals surface area contributed by atoms with Gasteiger partial charge in [-0.1, -0.05) is 81.4 Å². The molecule has 0 saturated carbocycles. The highest BCUT2D eigenvalue weighted by Crippen LogP contribution is 2.38. The third-order valence-electron chi connectivity index (χ3n) is 6.07. The number of esters is 2. The van der Waals surface area contributed by atoms with E-state index in [2.05, 4.69) is 45.0 Å². The zero-order valence-corrected chi connectivity index (χ0v) is 21.4. The highest BCUT2D eigenvalue weighted by atomic mass is 28.4. The van der Waals surface area contributed by atoms with Crippen molar-refractivity contribution in [2.45, 2.75) is 64.1 Å². The van der Waals surface area contributed by atoms with Gasteiger partial charge in [-0.3, -0.25) is 9.59 Å². The van der Waals surface area contributed by atoms with Crippen LogP contribution >= 0.6 is 0 Å². The van der Waals surface area contributed by atoms with Gasteiger partial charge in [-0.2, -0.15) is 0 Å². The topological polar surface area (TPSA) is 91.3 Å². The van der Waals surface area contributed by atoms with E-state index in [4.69, 9.17) is 18.6 Å². The Morgan fingerprint density at radius 2 is 1.29 bits per heavy atom. The molecule has 1 unspecified atom stereocenters. The molecule has 4 atom stereocenters. The maximum absolute atomic E-state index is 11.9. The molecule has 8 heteroatoms.